The molecule has 2 rings (SSSR count). The number of carbonyl (C=O) groups excluding carboxylic acids is 1. The lowest BCUT2D eigenvalue weighted by Crippen LogP contribution is -2.34. The van der Waals surface area contributed by atoms with Gasteiger partial charge < -0.3 is 10.0 Å². The van der Waals surface area contributed by atoms with E-state index < -0.39 is 6.10 Å². The maximum atomic E-state index is 12.9. The molecule has 1 aliphatic rings. The quantitative estimate of drug-likeness (QED) is 0.506. The van der Waals surface area contributed by atoms with Crippen LogP contribution in [0.2, 0.25) is 0 Å². The molecule has 5 heteroatoms. The standard InChI is InChI=1S/C20H28FNO2S/c1-2-3-13-25-14-12-22-18(9-11-20(22)24)8-10-19(23)15-16-4-6-17(21)7-5-16/h4-8,10,18-19,23H,2-3,9,11-15H2,1H3/b10-8+/t18-,19+/m0/s1. The summed E-state index contributed by atoms with van der Waals surface area (Å²) >= 11 is 1.90. The van der Waals surface area contributed by atoms with Crippen molar-refractivity contribution in [3.8, 4) is 0 Å². The molecule has 0 aliphatic carbocycles. The number of benzene rings is 1. The minimum absolute atomic E-state index is 0.0853. The molecule has 1 N–H and O–H groups in total. The van der Waals surface area contributed by atoms with Gasteiger partial charge in [-0.2, -0.15) is 11.8 Å². The van der Waals surface area contributed by atoms with Crippen LogP contribution < -0.4 is 0 Å². The highest BCUT2D eigenvalue weighted by atomic mass is 32.2. The van der Waals surface area contributed by atoms with Gasteiger partial charge in [0, 0.05) is 25.1 Å². The van der Waals surface area contributed by atoms with Crippen molar-refractivity contribution in [2.45, 2.75) is 51.2 Å². The molecular formula is C20H28FNO2S. The molecular weight excluding hydrogens is 337 g/mol. The summed E-state index contributed by atoms with van der Waals surface area (Å²) in [6.45, 7) is 2.96. The predicted octanol–water partition coefficient (Wildman–Crippen LogP) is 3.81. The van der Waals surface area contributed by atoms with Crippen molar-refractivity contribution in [3.63, 3.8) is 0 Å². The highest BCUT2D eigenvalue weighted by molar-refractivity contribution is 7.99. The number of thioether (sulfide) groups is 1. The zero-order valence-electron chi connectivity index (χ0n) is 14.9. The Morgan fingerprint density at radius 3 is 2.84 bits per heavy atom. The van der Waals surface area contributed by atoms with Crippen LogP contribution in [-0.2, 0) is 11.2 Å². The van der Waals surface area contributed by atoms with Crippen LogP contribution in [-0.4, -0.2) is 46.1 Å². The molecule has 0 saturated carbocycles. The number of aliphatic hydroxyl groups excluding tert-OH is 1. The summed E-state index contributed by atoms with van der Waals surface area (Å²) in [7, 11) is 0. The Morgan fingerprint density at radius 2 is 2.12 bits per heavy atom. The second-order valence-corrected chi connectivity index (χ2v) is 7.67. The molecule has 0 bridgehead atoms. The predicted molar refractivity (Wildman–Crippen MR) is 102 cm³/mol. The molecule has 1 aromatic rings. The molecule has 1 aromatic carbocycles. The highest BCUT2D eigenvalue weighted by Gasteiger charge is 2.28. The topological polar surface area (TPSA) is 40.5 Å². The Labute approximate surface area is 154 Å². The number of carbonyl (C=O) groups is 1. The van der Waals surface area contributed by atoms with Crippen molar-refractivity contribution in [3.05, 3.63) is 47.8 Å². The number of hydrogen-bond acceptors (Lipinski definition) is 3. The third-order valence-electron chi connectivity index (χ3n) is 4.41. The van der Waals surface area contributed by atoms with Crippen LogP contribution in [0, 0.1) is 5.82 Å². The van der Waals surface area contributed by atoms with E-state index in [0.29, 0.717) is 12.8 Å². The summed E-state index contributed by atoms with van der Waals surface area (Å²) in [6, 6.07) is 6.26. The van der Waals surface area contributed by atoms with Crippen LogP contribution in [0.25, 0.3) is 0 Å². The lowest BCUT2D eigenvalue weighted by atomic mass is 10.1. The van der Waals surface area contributed by atoms with Gasteiger partial charge in [0.2, 0.25) is 5.91 Å². The van der Waals surface area contributed by atoms with Gasteiger partial charge in [0.1, 0.15) is 5.82 Å². The average molecular weight is 366 g/mol. The summed E-state index contributed by atoms with van der Waals surface area (Å²) in [4.78, 5) is 14.0. The zero-order valence-corrected chi connectivity index (χ0v) is 15.7. The fourth-order valence-corrected chi connectivity index (χ4v) is 3.97. The van der Waals surface area contributed by atoms with Gasteiger partial charge in [-0.3, -0.25) is 4.79 Å². The van der Waals surface area contributed by atoms with Crippen molar-refractivity contribution in [2.75, 3.05) is 18.1 Å². The fourth-order valence-electron chi connectivity index (χ4n) is 2.94. The third kappa shape index (κ3) is 6.83. The number of aliphatic hydroxyl groups is 1. The van der Waals surface area contributed by atoms with Gasteiger partial charge in [-0.05, 0) is 36.3 Å². The van der Waals surface area contributed by atoms with Crippen LogP contribution in [0.3, 0.4) is 0 Å². The Kier molecular flexibility index (Phi) is 8.49. The van der Waals surface area contributed by atoms with E-state index in [1.165, 1.54) is 25.0 Å². The molecule has 1 aliphatic heterocycles. The van der Waals surface area contributed by atoms with Gasteiger partial charge in [-0.15, -0.1) is 0 Å². The molecule has 25 heavy (non-hydrogen) atoms. The lowest BCUT2D eigenvalue weighted by molar-refractivity contribution is -0.128. The number of hydrogen-bond donors (Lipinski definition) is 1. The summed E-state index contributed by atoms with van der Waals surface area (Å²) < 4.78 is 12.9. The van der Waals surface area contributed by atoms with Crippen LogP contribution in [0.15, 0.2) is 36.4 Å². The molecule has 1 fully saturated rings. The number of unbranched alkanes of at least 4 members (excludes halogenated alkanes) is 1. The van der Waals surface area contributed by atoms with E-state index in [2.05, 4.69) is 6.92 Å². The van der Waals surface area contributed by atoms with Crippen molar-refractivity contribution < 1.29 is 14.3 Å². The maximum Gasteiger partial charge on any atom is 0.223 e. The molecule has 0 radical (unpaired) electrons. The SMILES string of the molecule is CCCCSCCN1C(=O)CC[C@@H]1/C=C/[C@@H](O)Cc1ccc(F)cc1. The van der Waals surface area contributed by atoms with Gasteiger partial charge in [0.15, 0.2) is 0 Å². The van der Waals surface area contributed by atoms with Gasteiger partial charge in [0.25, 0.3) is 0 Å². The van der Waals surface area contributed by atoms with E-state index >= 15 is 0 Å². The molecule has 0 aromatic heterocycles. The molecule has 2 atom stereocenters. The van der Waals surface area contributed by atoms with E-state index in [1.54, 1.807) is 18.2 Å². The van der Waals surface area contributed by atoms with E-state index in [-0.39, 0.29) is 17.8 Å². The summed E-state index contributed by atoms with van der Waals surface area (Å²) in [6.07, 6.45) is 7.37. The first-order valence-electron chi connectivity index (χ1n) is 9.08. The Hall–Kier alpha value is -1.33. The molecule has 1 heterocycles. The third-order valence-corrected chi connectivity index (χ3v) is 5.46. The summed E-state index contributed by atoms with van der Waals surface area (Å²) in [5, 5.41) is 10.2. The minimum atomic E-state index is -0.623. The summed E-state index contributed by atoms with van der Waals surface area (Å²) in [5.74, 6) is 2.05. The van der Waals surface area contributed by atoms with Gasteiger partial charge >= 0.3 is 0 Å². The number of rotatable bonds is 10. The van der Waals surface area contributed by atoms with Crippen LogP contribution in [0.5, 0.6) is 0 Å². The van der Waals surface area contributed by atoms with Gasteiger partial charge in [0.05, 0.1) is 12.1 Å². The summed E-state index contributed by atoms with van der Waals surface area (Å²) in [5.41, 5.74) is 0.894. The van der Waals surface area contributed by atoms with E-state index in [1.807, 2.05) is 22.7 Å². The van der Waals surface area contributed by atoms with Crippen molar-refractivity contribution >= 4 is 17.7 Å². The number of halogens is 1. The highest BCUT2D eigenvalue weighted by Crippen LogP contribution is 2.21. The largest absolute Gasteiger partial charge is 0.389 e. The van der Waals surface area contributed by atoms with Crippen molar-refractivity contribution in [2.24, 2.45) is 0 Å². The number of amides is 1. The molecule has 3 nitrogen and oxygen atoms in total. The molecule has 0 unspecified atom stereocenters. The van der Waals surface area contributed by atoms with E-state index in [4.69, 9.17) is 0 Å². The lowest BCUT2D eigenvalue weighted by Gasteiger charge is -2.22. The van der Waals surface area contributed by atoms with Crippen LogP contribution in [0.1, 0.15) is 38.2 Å². The normalized spacial score (nSPS) is 19.1. The molecule has 138 valence electrons. The second kappa shape index (κ2) is 10.6. The van der Waals surface area contributed by atoms with Crippen molar-refractivity contribution in [1.82, 2.24) is 4.90 Å². The molecule has 0 spiro atoms. The van der Waals surface area contributed by atoms with Crippen LogP contribution in [0.4, 0.5) is 4.39 Å². The monoisotopic (exact) mass is 365 g/mol. The molecule has 1 saturated heterocycles. The second-order valence-electron chi connectivity index (χ2n) is 6.44. The number of likely N-dealkylation sites (tertiary alicyclic amines) is 1. The first-order valence-corrected chi connectivity index (χ1v) is 10.2. The van der Waals surface area contributed by atoms with E-state index in [0.717, 1.165) is 30.0 Å². The van der Waals surface area contributed by atoms with Crippen molar-refractivity contribution in [1.29, 1.82) is 0 Å². The average Bonchev–Trinajstić information content (AvgIpc) is 2.95. The number of nitrogens with zero attached hydrogens (tertiary/aromatic N) is 1. The first-order chi connectivity index (χ1) is 12.1. The Morgan fingerprint density at radius 1 is 1.36 bits per heavy atom. The minimum Gasteiger partial charge on any atom is -0.389 e. The smallest absolute Gasteiger partial charge is 0.223 e. The fraction of sp³-hybridized carbons (Fsp3) is 0.550. The zero-order chi connectivity index (χ0) is 18.1. The maximum absolute atomic E-state index is 12.9. The van der Waals surface area contributed by atoms with Gasteiger partial charge in [-0.25, -0.2) is 4.39 Å². The van der Waals surface area contributed by atoms with Gasteiger partial charge in [-0.1, -0.05) is 37.6 Å². The first kappa shape index (κ1) is 20.0. The molecule has 1 amide bonds. The van der Waals surface area contributed by atoms with E-state index in [9.17, 15) is 14.3 Å². The Bertz CT molecular complexity index is 561. The Balaban J connectivity index is 1.80. The van der Waals surface area contributed by atoms with Crippen LogP contribution >= 0.6 is 11.8 Å².